The normalized spacial score (nSPS) is 12.0. The second-order valence-corrected chi connectivity index (χ2v) is 22.6. The molecular formula is C68H64N3OPt-. The third-order valence-electron chi connectivity index (χ3n) is 14.2. The van der Waals surface area contributed by atoms with E-state index in [0.717, 1.165) is 83.6 Å². The molecule has 0 radical (unpaired) electrons. The van der Waals surface area contributed by atoms with E-state index in [9.17, 15) is 5.11 Å². The van der Waals surface area contributed by atoms with Crippen LogP contribution in [-0.2, 0) is 37.3 Å². The monoisotopic (exact) mass is 1130 g/mol. The van der Waals surface area contributed by atoms with Gasteiger partial charge in [-0.2, -0.15) is 0 Å². The maximum Gasteiger partial charge on any atom is 0.148 e. The molecule has 0 spiro atoms. The molecule has 2 heterocycles. The maximum atomic E-state index is 12.1. The Bertz CT molecular complexity index is 3610. The minimum absolute atomic E-state index is 0. The number of aromatic nitrogens is 3. The first kappa shape index (κ1) is 50.8. The van der Waals surface area contributed by atoms with E-state index in [2.05, 4.69) is 250 Å². The third kappa shape index (κ3) is 10.3. The van der Waals surface area contributed by atoms with Crippen molar-refractivity contribution < 1.29 is 26.2 Å². The number of fused-ring (bicyclic) bond motifs is 1. The first-order valence-corrected chi connectivity index (χ1v) is 25.2. The molecular weight excluding hydrogens is 1070 g/mol. The molecule has 0 amide bonds. The number of phenolic OH excluding ortho intramolecular Hbond substituents is 1. The number of aromatic hydroxyl groups is 1. The summed E-state index contributed by atoms with van der Waals surface area (Å²) in [5.41, 5.74) is 21.6. The summed E-state index contributed by atoms with van der Waals surface area (Å²) in [4.78, 5) is 10.6. The van der Waals surface area contributed by atoms with Crippen molar-refractivity contribution in [2.45, 2.75) is 92.4 Å². The average molecular weight is 1130 g/mol. The predicted molar refractivity (Wildman–Crippen MR) is 303 cm³/mol. The van der Waals surface area contributed by atoms with Crippen molar-refractivity contribution in [3.63, 3.8) is 0 Å². The molecule has 8 aromatic carbocycles. The summed E-state index contributed by atoms with van der Waals surface area (Å²) >= 11 is 0. The molecule has 1 N–H and O–H groups in total. The zero-order chi connectivity index (χ0) is 50.7. The summed E-state index contributed by atoms with van der Waals surface area (Å²) in [7, 11) is 0. The average Bonchev–Trinajstić information content (AvgIpc) is 3.76. The number of nitrogens with zero attached hydrogens (tertiary/aromatic N) is 3. The Morgan fingerprint density at radius 2 is 0.959 bits per heavy atom. The number of imidazole rings is 1. The van der Waals surface area contributed by atoms with Crippen molar-refractivity contribution in [3.8, 4) is 89.7 Å². The van der Waals surface area contributed by atoms with Crippen LogP contribution in [0.3, 0.4) is 0 Å². The smallest absolute Gasteiger partial charge is 0.148 e. The zero-order valence-electron chi connectivity index (χ0n) is 43.9. The molecule has 0 saturated carbocycles. The van der Waals surface area contributed by atoms with E-state index in [1.165, 1.54) is 27.8 Å². The molecule has 0 bridgehead atoms. The molecule has 2 aromatic heterocycles. The van der Waals surface area contributed by atoms with Gasteiger partial charge in [0.15, 0.2) is 0 Å². The van der Waals surface area contributed by atoms with E-state index in [1.807, 2.05) is 19.2 Å². The van der Waals surface area contributed by atoms with Crippen LogP contribution in [0, 0.1) is 19.9 Å². The first-order chi connectivity index (χ1) is 34.3. The SMILES string of the molecule is Cc1cc(-c2cc(C(C)(C)C)cc(C(C)(C)C)c2)ccc1-n1c(-c2cc(C(C)(C)C)cc(C)c2O)nc2c(-c3[c-]c(-c4cc(-c5ccc(-c6ccccc6)cc5)ccn4)cc(-c4ccccc4)c3)cccc21.[Pt]. The van der Waals surface area contributed by atoms with E-state index in [4.69, 9.17) is 9.97 Å². The second kappa shape index (κ2) is 19.7. The quantitative estimate of drug-likeness (QED) is 0.154. The standard InChI is InChI=1S/C68H64N3O.Pt/c1-43-33-49(52-38-56(67(6,7)8)41-57(39-52)68(9,10)11)29-30-61(43)71-62-24-18-23-58(63(62)70-65(71)59-42-55(66(3,4)5)34-44(2)64(59)72)53-35-51(46-21-16-13-17-22-46)36-54(37-53)60-40-50(31-32-69-60)48-27-25-47(26-28-48)45-19-14-12-15-20-45;/h12-36,38-42,72H,1-11H3;/q-1;. The fourth-order valence-electron chi connectivity index (χ4n) is 9.76. The number of hydrogen-bond donors (Lipinski definition) is 1. The minimum atomic E-state index is -0.166. The summed E-state index contributed by atoms with van der Waals surface area (Å²) in [6, 6.07) is 66.8. The molecule has 10 aromatic rings. The molecule has 0 unspecified atom stereocenters. The molecule has 0 fully saturated rings. The van der Waals surface area contributed by atoms with Gasteiger partial charge in [-0.15, -0.1) is 23.8 Å². The van der Waals surface area contributed by atoms with Gasteiger partial charge in [-0.3, -0.25) is 9.55 Å². The van der Waals surface area contributed by atoms with E-state index < -0.39 is 0 Å². The van der Waals surface area contributed by atoms with Crippen LogP contribution in [0.25, 0.3) is 95.0 Å². The molecule has 73 heavy (non-hydrogen) atoms. The van der Waals surface area contributed by atoms with Gasteiger partial charge in [0.05, 0.1) is 22.3 Å². The number of benzene rings is 8. The Labute approximate surface area is 447 Å². The summed E-state index contributed by atoms with van der Waals surface area (Å²) in [6.45, 7) is 24.5. The van der Waals surface area contributed by atoms with Crippen molar-refractivity contribution in [2.75, 3.05) is 0 Å². The van der Waals surface area contributed by atoms with E-state index in [0.29, 0.717) is 11.4 Å². The van der Waals surface area contributed by atoms with Crippen molar-refractivity contribution >= 4 is 11.0 Å². The number of para-hydroxylation sites is 1. The van der Waals surface area contributed by atoms with Gasteiger partial charge in [-0.1, -0.05) is 212 Å². The first-order valence-electron chi connectivity index (χ1n) is 25.2. The van der Waals surface area contributed by atoms with Crippen molar-refractivity contribution in [1.82, 2.24) is 14.5 Å². The van der Waals surface area contributed by atoms with Crippen LogP contribution in [0.15, 0.2) is 182 Å². The largest absolute Gasteiger partial charge is 0.507 e. The number of pyridine rings is 1. The fraction of sp³-hybridized carbons (Fsp3) is 0.206. The number of rotatable bonds is 8. The van der Waals surface area contributed by atoms with Crippen LogP contribution in [0.2, 0.25) is 0 Å². The molecule has 5 heteroatoms. The Balaban J connectivity index is 0.00000656. The van der Waals surface area contributed by atoms with Crippen molar-refractivity contribution in [3.05, 3.63) is 216 Å². The van der Waals surface area contributed by atoms with E-state index in [1.54, 1.807) is 0 Å². The molecule has 368 valence electrons. The number of phenols is 1. The molecule has 0 aliphatic heterocycles. The number of aryl methyl sites for hydroxylation is 2. The summed E-state index contributed by atoms with van der Waals surface area (Å²) in [5.74, 6) is 0.904. The molecule has 10 rings (SSSR count). The molecule has 0 atom stereocenters. The fourth-order valence-corrected chi connectivity index (χ4v) is 9.76. The summed E-state index contributed by atoms with van der Waals surface area (Å²) < 4.78 is 2.25. The predicted octanol–water partition coefficient (Wildman–Crippen LogP) is 18.1. The van der Waals surface area contributed by atoms with Gasteiger partial charge in [0.1, 0.15) is 11.6 Å². The molecule has 4 nitrogen and oxygen atoms in total. The van der Waals surface area contributed by atoms with Gasteiger partial charge in [0.2, 0.25) is 0 Å². The van der Waals surface area contributed by atoms with Gasteiger partial charge in [0, 0.05) is 33.0 Å². The Morgan fingerprint density at radius 3 is 1.56 bits per heavy atom. The van der Waals surface area contributed by atoms with Gasteiger partial charge in [0.25, 0.3) is 0 Å². The maximum absolute atomic E-state index is 12.1. The van der Waals surface area contributed by atoms with Crippen LogP contribution < -0.4 is 0 Å². The van der Waals surface area contributed by atoms with Crippen LogP contribution >= 0.6 is 0 Å². The van der Waals surface area contributed by atoms with E-state index >= 15 is 0 Å². The van der Waals surface area contributed by atoms with Gasteiger partial charge in [-0.25, -0.2) is 4.98 Å². The minimum Gasteiger partial charge on any atom is -0.507 e. The van der Waals surface area contributed by atoms with Gasteiger partial charge >= 0.3 is 0 Å². The Morgan fingerprint density at radius 1 is 0.438 bits per heavy atom. The summed E-state index contributed by atoms with van der Waals surface area (Å²) in [6.07, 6.45) is 1.89. The Kier molecular flexibility index (Phi) is 13.7. The van der Waals surface area contributed by atoms with Crippen molar-refractivity contribution in [2.24, 2.45) is 0 Å². The second-order valence-electron chi connectivity index (χ2n) is 22.6. The van der Waals surface area contributed by atoms with Gasteiger partial charge < -0.3 is 5.11 Å². The third-order valence-corrected chi connectivity index (χ3v) is 14.2. The van der Waals surface area contributed by atoms with Crippen LogP contribution in [0.4, 0.5) is 0 Å². The zero-order valence-corrected chi connectivity index (χ0v) is 46.2. The topological polar surface area (TPSA) is 50.9 Å². The molecule has 0 aliphatic rings. The van der Waals surface area contributed by atoms with Crippen LogP contribution in [0.5, 0.6) is 5.75 Å². The van der Waals surface area contributed by atoms with Crippen LogP contribution in [0.1, 0.15) is 90.1 Å². The Hall–Kier alpha value is -7.13. The summed E-state index contributed by atoms with van der Waals surface area (Å²) in [5, 5.41) is 12.1. The van der Waals surface area contributed by atoms with Crippen molar-refractivity contribution in [1.29, 1.82) is 0 Å². The van der Waals surface area contributed by atoms with Gasteiger partial charge in [-0.05, 0) is 127 Å². The van der Waals surface area contributed by atoms with Crippen LogP contribution in [-0.4, -0.2) is 19.6 Å². The number of hydrogen-bond acceptors (Lipinski definition) is 3. The van der Waals surface area contributed by atoms with E-state index in [-0.39, 0.29) is 43.1 Å². The molecule has 0 aliphatic carbocycles. The molecule has 0 saturated heterocycles.